The van der Waals surface area contributed by atoms with Crippen molar-refractivity contribution in [1.82, 2.24) is 0 Å². The molecule has 30 heavy (non-hydrogen) atoms. The van der Waals surface area contributed by atoms with Crippen LogP contribution in [-0.4, -0.2) is 16.7 Å². The summed E-state index contributed by atoms with van der Waals surface area (Å²) in [5.74, 6) is 0.214. The molecule has 0 spiro atoms. The van der Waals surface area contributed by atoms with Crippen molar-refractivity contribution >= 4 is 11.6 Å². The lowest BCUT2D eigenvalue weighted by atomic mass is 10.0. The lowest BCUT2D eigenvalue weighted by molar-refractivity contribution is 0.103. The number of benzene rings is 4. The summed E-state index contributed by atoms with van der Waals surface area (Å²) in [6, 6.07) is 32.3. The third-order valence-electron chi connectivity index (χ3n) is 4.52. The number of aromatic hydroxyl groups is 1. The molecule has 0 fully saturated rings. The van der Waals surface area contributed by atoms with Gasteiger partial charge in [0.05, 0.1) is 0 Å². The van der Waals surface area contributed by atoms with Gasteiger partial charge in [0.2, 0.25) is 0 Å². The highest BCUT2D eigenvalue weighted by atomic mass is 16.3. The average molecular weight is 394 g/mol. The second-order valence-electron chi connectivity index (χ2n) is 6.80. The molecule has 0 atom stereocenters. The summed E-state index contributed by atoms with van der Waals surface area (Å²) in [4.78, 5) is 23.8. The van der Waals surface area contributed by atoms with Crippen molar-refractivity contribution in [1.29, 1.82) is 0 Å². The number of ketones is 2. The number of carbonyl (C=O) groups excluding carboxylic acids is 2. The van der Waals surface area contributed by atoms with Crippen LogP contribution in [0.1, 0.15) is 37.4 Å². The molecule has 148 valence electrons. The first-order chi connectivity index (χ1) is 14.5. The topological polar surface area (TPSA) is 54.4 Å². The maximum Gasteiger partial charge on any atom is 0.193 e. The second-order valence-corrected chi connectivity index (χ2v) is 6.80. The Labute approximate surface area is 176 Å². The Morgan fingerprint density at radius 1 is 0.500 bits per heavy atom. The lowest BCUT2D eigenvalue weighted by Crippen LogP contribution is -2.00. The average Bonchev–Trinajstić information content (AvgIpc) is 2.81. The van der Waals surface area contributed by atoms with E-state index < -0.39 is 0 Å². The highest BCUT2D eigenvalue weighted by Crippen LogP contribution is 2.14. The van der Waals surface area contributed by atoms with Crippen LogP contribution >= 0.6 is 0 Å². The first kappa shape index (κ1) is 20.7. The molecule has 0 saturated carbocycles. The molecule has 0 unspecified atom stereocenters. The van der Waals surface area contributed by atoms with Gasteiger partial charge in [-0.25, -0.2) is 0 Å². The number of aryl methyl sites for hydroxylation is 1. The van der Waals surface area contributed by atoms with Gasteiger partial charge in [0.1, 0.15) is 5.75 Å². The highest BCUT2D eigenvalue weighted by Gasteiger charge is 2.08. The predicted molar refractivity (Wildman–Crippen MR) is 119 cm³/mol. The van der Waals surface area contributed by atoms with E-state index in [1.54, 1.807) is 24.3 Å². The number of phenols is 1. The molecule has 4 aromatic rings. The monoisotopic (exact) mass is 394 g/mol. The molecule has 0 saturated heterocycles. The van der Waals surface area contributed by atoms with Crippen LogP contribution in [0.25, 0.3) is 0 Å². The van der Waals surface area contributed by atoms with Crippen molar-refractivity contribution in [2.75, 3.05) is 0 Å². The van der Waals surface area contributed by atoms with Gasteiger partial charge in [0, 0.05) is 22.3 Å². The second kappa shape index (κ2) is 9.99. The summed E-state index contributed by atoms with van der Waals surface area (Å²) in [7, 11) is 0. The Hall–Kier alpha value is -3.98. The molecule has 4 rings (SSSR count). The number of hydrogen-bond donors (Lipinski definition) is 1. The van der Waals surface area contributed by atoms with E-state index >= 15 is 0 Å². The zero-order valence-corrected chi connectivity index (χ0v) is 16.7. The van der Waals surface area contributed by atoms with Gasteiger partial charge in [0.25, 0.3) is 0 Å². The third kappa shape index (κ3) is 5.52. The standard InChI is InChI=1S/C14H12O.C13H10O2/c1-11-7-9-13(10-8-11)14(15)12-5-3-2-4-6-12;14-12-8-6-11(7-9-12)13(15)10-4-2-1-3-5-10/h2-10H,1H3;1-9,14H. The van der Waals surface area contributed by atoms with Crippen LogP contribution in [0.4, 0.5) is 0 Å². The summed E-state index contributed by atoms with van der Waals surface area (Å²) >= 11 is 0. The number of rotatable bonds is 4. The quantitative estimate of drug-likeness (QED) is 0.442. The molecule has 0 radical (unpaired) electrons. The van der Waals surface area contributed by atoms with E-state index in [0.29, 0.717) is 11.1 Å². The van der Waals surface area contributed by atoms with Crippen LogP contribution in [0.15, 0.2) is 109 Å². The van der Waals surface area contributed by atoms with Crippen molar-refractivity contribution in [3.05, 3.63) is 137 Å². The fourth-order valence-electron chi connectivity index (χ4n) is 2.83. The molecule has 0 aliphatic heterocycles. The molecule has 1 N–H and O–H groups in total. The van der Waals surface area contributed by atoms with Gasteiger partial charge in [-0.2, -0.15) is 0 Å². The van der Waals surface area contributed by atoms with Crippen molar-refractivity contribution < 1.29 is 14.7 Å². The fraction of sp³-hybridized carbons (Fsp3) is 0.0370. The van der Waals surface area contributed by atoms with Gasteiger partial charge in [-0.05, 0) is 31.2 Å². The third-order valence-corrected chi connectivity index (χ3v) is 4.52. The van der Waals surface area contributed by atoms with E-state index in [4.69, 9.17) is 5.11 Å². The van der Waals surface area contributed by atoms with Crippen molar-refractivity contribution in [3.8, 4) is 5.75 Å². The largest absolute Gasteiger partial charge is 0.508 e. The Bertz CT molecular complexity index is 1010. The maximum atomic E-state index is 12.0. The minimum atomic E-state index is -0.0319. The van der Waals surface area contributed by atoms with Crippen molar-refractivity contribution in [3.63, 3.8) is 0 Å². The van der Waals surface area contributed by atoms with Gasteiger partial charge in [-0.1, -0.05) is 90.5 Å². The first-order valence-electron chi connectivity index (χ1n) is 9.60. The molecule has 0 aromatic heterocycles. The molecule has 0 aliphatic rings. The van der Waals surface area contributed by atoms with E-state index in [0.717, 1.165) is 11.1 Å². The summed E-state index contributed by atoms with van der Waals surface area (Å²) in [5, 5.41) is 9.10. The minimum absolute atomic E-state index is 0.0319. The molecule has 4 aromatic carbocycles. The first-order valence-corrected chi connectivity index (χ1v) is 9.60. The highest BCUT2D eigenvalue weighted by molar-refractivity contribution is 6.09. The van der Waals surface area contributed by atoms with Gasteiger partial charge in [-0.3, -0.25) is 9.59 Å². The summed E-state index contributed by atoms with van der Waals surface area (Å²) < 4.78 is 0. The SMILES string of the molecule is Cc1ccc(C(=O)c2ccccc2)cc1.O=C(c1ccccc1)c1ccc(O)cc1. The minimum Gasteiger partial charge on any atom is -0.508 e. The Kier molecular flexibility index (Phi) is 6.91. The van der Waals surface area contributed by atoms with Gasteiger partial charge >= 0.3 is 0 Å². The molecule has 3 nitrogen and oxygen atoms in total. The van der Waals surface area contributed by atoms with E-state index in [9.17, 15) is 9.59 Å². The van der Waals surface area contributed by atoms with Gasteiger partial charge in [0.15, 0.2) is 11.6 Å². The Morgan fingerprint density at radius 2 is 0.833 bits per heavy atom. The van der Waals surface area contributed by atoms with Crippen LogP contribution in [0.2, 0.25) is 0 Å². The van der Waals surface area contributed by atoms with E-state index in [2.05, 4.69) is 0 Å². The van der Waals surface area contributed by atoms with Crippen molar-refractivity contribution in [2.24, 2.45) is 0 Å². The Morgan fingerprint density at radius 3 is 1.23 bits per heavy atom. The van der Waals surface area contributed by atoms with E-state index in [1.165, 1.54) is 17.7 Å². The smallest absolute Gasteiger partial charge is 0.193 e. The summed E-state index contributed by atoms with van der Waals surface area (Å²) in [6.07, 6.45) is 0. The van der Waals surface area contributed by atoms with Crippen LogP contribution in [0.5, 0.6) is 5.75 Å². The predicted octanol–water partition coefficient (Wildman–Crippen LogP) is 5.85. The van der Waals surface area contributed by atoms with E-state index in [1.807, 2.05) is 79.7 Å². The molecule has 0 amide bonds. The maximum absolute atomic E-state index is 12.0. The summed E-state index contributed by atoms with van der Waals surface area (Å²) in [6.45, 7) is 2.01. The van der Waals surface area contributed by atoms with Crippen molar-refractivity contribution in [2.45, 2.75) is 6.92 Å². The van der Waals surface area contributed by atoms with E-state index in [-0.39, 0.29) is 17.3 Å². The van der Waals surface area contributed by atoms with Gasteiger partial charge in [-0.15, -0.1) is 0 Å². The van der Waals surface area contributed by atoms with Crippen LogP contribution in [0.3, 0.4) is 0 Å². The molecule has 3 heteroatoms. The zero-order valence-electron chi connectivity index (χ0n) is 16.7. The molecular weight excluding hydrogens is 372 g/mol. The van der Waals surface area contributed by atoms with Gasteiger partial charge < -0.3 is 5.11 Å². The molecule has 0 heterocycles. The number of hydrogen-bond acceptors (Lipinski definition) is 3. The lowest BCUT2D eigenvalue weighted by Gasteiger charge is -2.00. The zero-order chi connectivity index (χ0) is 21.3. The molecule has 0 aliphatic carbocycles. The fourth-order valence-corrected chi connectivity index (χ4v) is 2.83. The molecule has 0 bridgehead atoms. The van der Waals surface area contributed by atoms with Crippen LogP contribution < -0.4 is 0 Å². The van der Waals surface area contributed by atoms with Crippen LogP contribution in [-0.2, 0) is 0 Å². The normalized spacial score (nSPS) is 9.90. The Balaban J connectivity index is 0.000000171. The number of carbonyl (C=O) groups is 2. The number of phenolic OH excluding ortho intramolecular Hbond substituents is 1. The molecular formula is C27H22O3. The summed E-state index contributed by atoms with van der Waals surface area (Å²) in [5.41, 5.74) is 3.88. The van der Waals surface area contributed by atoms with Crippen LogP contribution in [0, 0.1) is 6.92 Å².